The molecular formula is C11H22N2O2S. The van der Waals surface area contributed by atoms with Crippen molar-refractivity contribution in [1.82, 2.24) is 4.90 Å². The molecule has 0 radical (unpaired) electrons. The Morgan fingerprint density at radius 1 is 1.25 bits per heavy atom. The zero-order valence-corrected chi connectivity index (χ0v) is 10.7. The Labute approximate surface area is 98.1 Å². The minimum absolute atomic E-state index is 0.0330. The molecule has 2 N–H and O–H groups in total. The lowest BCUT2D eigenvalue weighted by molar-refractivity contribution is 0.209. The molecule has 0 aromatic rings. The summed E-state index contributed by atoms with van der Waals surface area (Å²) in [5.41, 5.74) is 5.91. The summed E-state index contributed by atoms with van der Waals surface area (Å²) in [7, 11) is -0.872. The first-order chi connectivity index (χ1) is 7.48. The molecule has 2 rings (SSSR count). The fraction of sp³-hybridized carbons (Fsp3) is 1.00. The van der Waals surface area contributed by atoms with Crippen molar-refractivity contribution in [2.45, 2.75) is 37.8 Å². The lowest BCUT2D eigenvalue weighted by Crippen LogP contribution is -2.46. The first kappa shape index (κ1) is 12.3. The molecule has 1 aliphatic carbocycles. The highest BCUT2D eigenvalue weighted by Crippen LogP contribution is 2.26. The van der Waals surface area contributed by atoms with Gasteiger partial charge in [-0.3, -0.25) is 0 Å². The molecule has 16 heavy (non-hydrogen) atoms. The van der Waals surface area contributed by atoms with Crippen LogP contribution in [0.3, 0.4) is 0 Å². The third kappa shape index (κ3) is 2.76. The summed E-state index contributed by atoms with van der Waals surface area (Å²) in [6.45, 7) is 1.01. The topological polar surface area (TPSA) is 63.4 Å². The van der Waals surface area contributed by atoms with Gasteiger partial charge in [0.2, 0.25) is 0 Å². The summed E-state index contributed by atoms with van der Waals surface area (Å²) >= 11 is 0. The SMILES string of the molecule is CN(CC1CCCC1)C1CS(=O)(=O)CC1N. The van der Waals surface area contributed by atoms with Crippen LogP contribution in [0, 0.1) is 5.92 Å². The van der Waals surface area contributed by atoms with E-state index in [1.807, 2.05) is 7.05 Å². The molecule has 0 amide bonds. The van der Waals surface area contributed by atoms with E-state index in [2.05, 4.69) is 4.90 Å². The number of hydrogen-bond donors (Lipinski definition) is 1. The second-order valence-corrected chi connectivity index (χ2v) is 7.55. The van der Waals surface area contributed by atoms with E-state index < -0.39 is 9.84 Å². The van der Waals surface area contributed by atoms with Gasteiger partial charge in [-0.15, -0.1) is 0 Å². The van der Waals surface area contributed by atoms with Crippen LogP contribution in [0.25, 0.3) is 0 Å². The van der Waals surface area contributed by atoms with E-state index in [1.54, 1.807) is 0 Å². The molecule has 94 valence electrons. The fourth-order valence-electron chi connectivity index (χ4n) is 3.05. The second kappa shape index (κ2) is 4.63. The number of likely N-dealkylation sites (N-methyl/N-ethyl adjacent to an activating group) is 1. The number of hydrogen-bond acceptors (Lipinski definition) is 4. The summed E-state index contributed by atoms with van der Waals surface area (Å²) in [6, 6.07) is -0.165. The molecule has 1 saturated carbocycles. The average Bonchev–Trinajstić information content (AvgIpc) is 2.73. The predicted molar refractivity (Wildman–Crippen MR) is 65.0 cm³/mol. The van der Waals surface area contributed by atoms with E-state index in [9.17, 15) is 8.42 Å². The summed E-state index contributed by atoms with van der Waals surface area (Å²) in [6.07, 6.45) is 5.24. The molecule has 0 bridgehead atoms. The molecule has 4 nitrogen and oxygen atoms in total. The number of nitrogens with zero attached hydrogens (tertiary/aromatic N) is 1. The van der Waals surface area contributed by atoms with Crippen molar-refractivity contribution in [2.75, 3.05) is 25.1 Å². The van der Waals surface area contributed by atoms with E-state index in [-0.39, 0.29) is 23.6 Å². The van der Waals surface area contributed by atoms with Gasteiger partial charge in [0, 0.05) is 18.6 Å². The van der Waals surface area contributed by atoms with Gasteiger partial charge in [-0.05, 0) is 25.8 Å². The smallest absolute Gasteiger partial charge is 0.153 e. The normalized spacial score (nSPS) is 34.9. The lowest BCUT2D eigenvalue weighted by Gasteiger charge is -2.28. The molecule has 1 heterocycles. The van der Waals surface area contributed by atoms with Crippen LogP contribution in [-0.4, -0.2) is 50.5 Å². The van der Waals surface area contributed by atoms with Crippen molar-refractivity contribution in [3.8, 4) is 0 Å². The number of nitrogens with two attached hydrogens (primary N) is 1. The van der Waals surface area contributed by atoms with E-state index in [1.165, 1.54) is 25.7 Å². The summed E-state index contributed by atoms with van der Waals surface area (Å²) in [4.78, 5) is 2.17. The minimum atomic E-state index is -2.89. The number of rotatable bonds is 3. The van der Waals surface area contributed by atoms with Crippen LogP contribution in [0.5, 0.6) is 0 Å². The van der Waals surface area contributed by atoms with Gasteiger partial charge in [-0.1, -0.05) is 12.8 Å². The minimum Gasteiger partial charge on any atom is -0.325 e. The Morgan fingerprint density at radius 2 is 1.88 bits per heavy atom. The molecular weight excluding hydrogens is 224 g/mol. The highest BCUT2D eigenvalue weighted by molar-refractivity contribution is 7.91. The van der Waals surface area contributed by atoms with E-state index in [4.69, 9.17) is 5.73 Å². The van der Waals surface area contributed by atoms with Crippen LogP contribution in [0.2, 0.25) is 0 Å². The standard InChI is InChI=1S/C11H22N2O2S/c1-13(6-9-4-2-3-5-9)11-8-16(14,15)7-10(11)12/h9-11H,2-8,12H2,1H3. The maximum atomic E-state index is 11.5. The van der Waals surface area contributed by atoms with E-state index >= 15 is 0 Å². The average molecular weight is 246 g/mol. The first-order valence-electron chi connectivity index (χ1n) is 6.14. The summed E-state index contributed by atoms with van der Waals surface area (Å²) in [5.74, 6) is 1.16. The van der Waals surface area contributed by atoms with E-state index in [0.717, 1.165) is 12.5 Å². The Bertz CT molecular complexity index is 336. The van der Waals surface area contributed by atoms with Crippen LogP contribution in [0.4, 0.5) is 0 Å². The van der Waals surface area contributed by atoms with E-state index in [0.29, 0.717) is 0 Å². The first-order valence-corrected chi connectivity index (χ1v) is 7.96. The van der Waals surface area contributed by atoms with Gasteiger partial charge in [0.1, 0.15) is 0 Å². The monoisotopic (exact) mass is 246 g/mol. The molecule has 0 aromatic carbocycles. The maximum absolute atomic E-state index is 11.5. The highest BCUT2D eigenvalue weighted by atomic mass is 32.2. The van der Waals surface area contributed by atoms with Crippen molar-refractivity contribution < 1.29 is 8.42 Å². The Balaban J connectivity index is 1.91. The maximum Gasteiger partial charge on any atom is 0.153 e. The number of sulfone groups is 1. The van der Waals surface area contributed by atoms with Crippen molar-refractivity contribution in [2.24, 2.45) is 11.7 Å². The molecule has 2 atom stereocenters. The van der Waals surface area contributed by atoms with Crippen molar-refractivity contribution in [1.29, 1.82) is 0 Å². The van der Waals surface area contributed by atoms with Gasteiger partial charge in [-0.2, -0.15) is 0 Å². The van der Waals surface area contributed by atoms with Crippen LogP contribution < -0.4 is 5.73 Å². The van der Waals surface area contributed by atoms with Gasteiger partial charge >= 0.3 is 0 Å². The second-order valence-electron chi connectivity index (χ2n) is 5.40. The largest absolute Gasteiger partial charge is 0.325 e. The Kier molecular flexibility index (Phi) is 3.56. The Hall–Kier alpha value is -0.130. The quantitative estimate of drug-likeness (QED) is 0.774. The molecule has 2 fully saturated rings. The third-order valence-electron chi connectivity index (χ3n) is 3.95. The van der Waals surface area contributed by atoms with Gasteiger partial charge in [-0.25, -0.2) is 8.42 Å². The van der Waals surface area contributed by atoms with Crippen molar-refractivity contribution in [3.63, 3.8) is 0 Å². The predicted octanol–water partition coefficient (Wildman–Crippen LogP) is 0.233. The Morgan fingerprint density at radius 3 is 2.38 bits per heavy atom. The lowest BCUT2D eigenvalue weighted by atomic mass is 10.1. The summed E-state index contributed by atoms with van der Waals surface area (Å²) in [5, 5.41) is 0. The molecule has 0 spiro atoms. The highest BCUT2D eigenvalue weighted by Gasteiger charge is 2.38. The van der Waals surface area contributed by atoms with Crippen LogP contribution in [0.15, 0.2) is 0 Å². The molecule has 2 unspecified atom stereocenters. The molecule has 5 heteroatoms. The van der Waals surface area contributed by atoms with Gasteiger partial charge < -0.3 is 10.6 Å². The fourth-order valence-corrected chi connectivity index (χ4v) is 5.01. The summed E-state index contributed by atoms with van der Waals surface area (Å²) < 4.78 is 23.0. The molecule has 1 saturated heterocycles. The molecule has 1 aliphatic heterocycles. The zero-order chi connectivity index (χ0) is 11.8. The van der Waals surface area contributed by atoms with Crippen molar-refractivity contribution in [3.05, 3.63) is 0 Å². The van der Waals surface area contributed by atoms with Crippen LogP contribution >= 0.6 is 0 Å². The molecule has 2 aliphatic rings. The zero-order valence-electron chi connectivity index (χ0n) is 9.93. The molecule has 0 aromatic heterocycles. The van der Waals surface area contributed by atoms with Gasteiger partial charge in [0.05, 0.1) is 11.5 Å². The van der Waals surface area contributed by atoms with Gasteiger partial charge in [0.25, 0.3) is 0 Å². The van der Waals surface area contributed by atoms with Crippen LogP contribution in [0.1, 0.15) is 25.7 Å². The van der Waals surface area contributed by atoms with Gasteiger partial charge in [0.15, 0.2) is 9.84 Å². The van der Waals surface area contributed by atoms with Crippen LogP contribution in [-0.2, 0) is 9.84 Å². The third-order valence-corrected chi connectivity index (χ3v) is 5.69. The van der Waals surface area contributed by atoms with Crippen molar-refractivity contribution >= 4 is 9.84 Å².